The third-order valence-electron chi connectivity index (χ3n) is 3.77. The van der Waals surface area contributed by atoms with Crippen LogP contribution in [0.5, 0.6) is 0 Å². The van der Waals surface area contributed by atoms with Gasteiger partial charge in [0, 0.05) is 13.5 Å². The van der Waals surface area contributed by atoms with Crippen LogP contribution in [0.3, 0.4) is 0 Å². The number of piperidine rings is 1. The first-order valence-corrected chi connectivity index (χ1v) is 6.24. The minimum atomic E-state index is -0.0780. The highest BCUT2D eigenvalue weighted by Gasteiger charge is 2.38. The van der Waals surface area contributed by atoms with E-state index in [4.69, 9.17) is 0 Å². The summed E-state index contributed by atoms with van der Waals surface area (Å²) in [6.45, 7) is 0.897. The molecule has 1 saturated heterocycles. The van der Waals surface area contributed by atoms with Crippen LogP contribution >= 0.6 is 0 Å². The van der Waals surface area contributed by atoms with Crippen LogP contribution in [-0.4, -0.2) is 42.3 Å². The van der Waals surface area contributed by atoms with Crippen LogP contribution in [0.15, 0.2) is 0 Å². The zero-order chi connectivity index (χ0) is 11.5. The maximum atomic E-state index is 11.8. The predicted molar refractivity (Wildman–Crippen MR) is 61.1 cm³/mol. The second kappa shape index (κ2) is 4.95. The molecule has 2 fully saturated rings. The summed E-state index contributed by atoms with van der Waals surface area (Å²) < 4.78 is 0. The van der Waals surface area contributed by atoms with E-state index in [0.29, 0.717) is 12.2 Å². The molecule has 2 rings (SSSR count). The van der Waals surface area contributed by atoms with E-state index in [1.807, 2.05) is 0 Å². The summed E-state index contributed by atoms with van der Waals surface area (Å²) in [5, 5.41) is 2.71. The number of ketones is 1. The normalized spacial score (nSPS) is 31.7. The summed E-state index contributed by atoms with van der Waals surface area (Å²) >= 11 is 0. The van der Waals surface area contributed by atoms with Crippen molar-refractivity contribution >= 4 is 11.7 Å². The number of rotatable bonds is 2. The van der Waals surface area contributed by atoms with Gasteiger partial charge >= 0.3 is 0 Å². The molecule has 0 spiro atoms. The zero-order valence-corrected chi connectivity index (χ0v) is 9.87. The van der Waals surface area contributed by atoms with E-state index in [1.54, 1.807) is 7.05 Å². The number of likely N-dealkylation sites (tertiary alicyclic amines) is 1. The van der Waals surface area contributed by atoms with Gasteiger partial charge in [-0.25, -0.2) is 0 Å². The van der Waals surface area contributed by atoms with Gasteiger partial charge in [-0.3, -0.25) is 14.5 Å². The second-order valence-corrected chi connectivity index (χ2v) is 4.74. The van der Waals surface area contributed by atoms with Crippen molar-refractivity contribution in [2.45, 2.75) is 50.6 Å². The van der Waals surface area contributed by atoms with E-state index in [9.17, 15) is 9.59 Å². The Balaban J connectivity index is 2.09. The van der Waals surface area contributed by atoms with Crippen molar-refractivity contribution in [1.82, 2.24) is 10.2 Å². The highest BCUT2D eigenvalue weighted by molar-refractivity contribution is 5.88. The Labute approximate surface area is 96.4 Å². The molecule has 1 aliphatic carbocycles. The number of hydrogen-bond donors (Lipinski definition) is 1. The molecule has 16 heavy (non-hydrogen) atoms. The van der Waals surface area contributed by atoms with Crippen LogP contribution in [0.4, 0.5) is 0 Å². The van der Waals surface area contributed by atoms with Crippen molar-refractivity contribution in [3.05, 3.63) is 0 Å². The van der Waals surface area contributed by atoms with Crippen LogP contribution in [0, 0.1) is 0 Å². The zero-order valence-electron chi connectivity index (χ0n) is 9.87. The molecule has 1 N–H and O–H groups in total. The molecule has 90 valence electrons. The molecule has 0 radical (unpaired) electrons. The molecular weight excluding hydrogens is 204 g/mol. The molecule has 0 aromatic carbocycles. The Kier molecular flexibility index (Phi) is 3.59. The first-order chi connectivity index (χ1) is 7.74. The molecule has 4 nitrogen and oxygen atoms in total. The van der Waals surface area contributed by atoms with Crippen LogP contribution in [-0.2, 0) is 9.59 Å². The molecule has 1 heterocycles. The summed E-state index contributed by atoms with van der Waals surface area (Å²) in [5.41, 5.74) is 0. The number of likely N-dealkylation sites (N-methyl/N-ethyl adjacent to an activating group) is 1. The Hall–Kier alpha value is -0.900. The number of carbonyl (C=O) groups is 2. The van der Waals surface area contributed by atoms with Gasteiger partial charge in [-0.15, -0.1) is 0 Å². The van der Waals surface area contributed by atoms with Crippen LogP contribution in [0.1, 0.15) is 38.5 Å². The summed E-state index contributed by atoms with van der Waals surface area (Å²) in [5.74, 6) is 0.398. The third-order valence-corrected chi connectivity index (χ3v) is 3.77. The van der Waals surface area contributed by atoms with E-state index in [1.165, 1.54) is 0 Å². The van der Waals surface area contributed by atoms with Gasteiger partial charge in [-0.1, -0.05) is 6.42 Å². The number of amides is 1. The molecule has 2 atom stereocenters. The molecule has 2 aliphatic rings. The number of Topliss-reactive ketones (excluding diaryl/α,β-unsaturated/α-hetero) is 1. The molecule has 1 amide bonds. The van der Waals surface area contributed by atoms with Crippen molar-refractivity contribution in [2.75, 3.05) is 13.6 Å². The lowest BCUT2D eigenvalue weighted by Gasteiger charge is -2.37. The van der Waals surface area contributed by atoms with Crippen molar-refractivity contribution in [2.24, 2.45) is 0 Å². The van der Waals surface area contributed by atoms with Gasteiger partial charge in [0.05, 0.1) is 12.1 Å². The van der Waals surface area contributed by atoms with E-state index < -0.39 is 0 Å². The molecule has 2 unspecified atom stereocenters. The minimum Gasteiger partial charge on any atom is -0.358 e. The van der Waals surface area contributed by atoms with Gasteiger partial charge in [0.15, 0.2) is 0 Å². The van der Waals surface area contributed by atoms with Gasteiger partial charge in [-0.2, -0.15) is 0 Å². The van der Waals surface area contributed by atoms with Crippen LogP contribution in [0.2, 0.25) is 0 Å². The van der Waals surface area contributed by atoms with E-state index in [2.05, 4.69) is 10.2 Å². The molecule has 4 heteroatoms. The Morgan fingerprint density at radius 1 is 1.31 bits per heavy atom. The van der Waals surface area contributed by atoms with Crippen LogP contribution in [0.25, 0.3) is 0 Å². The molecule has 1 aliphatic heterocycles. The van der Waals surface area contributed by atoms with Gasteiger partial charge in [0.2, 0.25) is 5.91 Å². The SMILES string of the molecule is CNC(=O)C1CCCCN1C1CCCC1=O. The average molecular weight is 224 g/mol. The van der Waals surface area contributed by atoms with Gasteiger partial charge < -0.3 is 5.32 Å². The van der Waals surface area contributed by atoms with Crippen molar-refractivity contribution in [1.29, 1.82) is 0 Å². The summed E-state index contributed by atoms with van der Waals surface area (Å²) in [7, 11) is 1.67. The van der Waals surface area contributed by atoms with Gasteiger partial charge in [-0.05, 0) is 32.2 Å². The molecular formula is C12H20N2O2. The minimum absolute atomic E-state index is 0.0163. The Bertz CT molecular complexity index is 291. The Morgan fingerprint density at radius 3 is 2.75 bits per heavy atom. The van der Waals surface area contributed by atoms with Gasteiger partial charge in [0.1, 0.15) is 5.78 Å². The number of hydrogen-bond acceptors (Lipinski definition) is 3. The van der Waals surface area contributed by atoms with Crippen LogP contribution < -0.4 is 5.32 Å². The van der Waals surface area contributed by atoms with Crippen molar-refractivity contribution < 1.29 is 9.59 Å². The van der Waals surface area contributed by atoms with Crippen molar-refractivity contribution in [3.63, 3.8) is 0 Å². The standard InChI is InChI=1S/C12H20N2O2/c1-13-12(16)10-5-2-3-8-14(10)9-6-4-7-11(9)15/h9-10H,2-8H2,1H3,(H,13,16). The lowest BCUT2D eigenvalue weighted by Crippen LogP contribution is -2.54. The summed E-state index contributed by atoms with van der Waals surface area (Å²) in [6, 6.07) is -0.0617. The van der Waals surface area contributed by atoms with Crippen molar-refractivity contribution in [3.8, 4) is 0 Å². The first kappa shape index (κ1) is 11.6. The number of carbonyl (C=O) groups excluding carboxylic acids is 2. The lowest BCUT2D eigenvalue weighted by molar-refractivity contribution is -0.131. The highest BCUT2D eigenvalue weighted by Crippen LogP contribution is 2.27. The topological polar surface area (TPSA) is 49.4 Å². The molecule has 0 aromatic heterocycles. The molecule has 1 saturated carbocycles. The fraction of sp³-hybridized carbons (Fsp3) is 0.833. The molecule has 0 bridgehead atoms. The third kappa shape index (κ3) is 2.12. The average Bonchev–Trinajstić information content (AvgIpc) is 2.74. The first-order valence-electron chi connectivity index (χ1n) is 6.24. The maximum absolute atomic E-state index is 11.8. The smallest absolute Gasteiger partial charge is 0.237 e. The maximum Gasteiger partial charge on any atom is 0.237 e. The van der Waals surface area contributed by atoms with Gasteiger partial charge in [0.25, 0.3) is 0 Å². The van der Waals surface area contributed by atoms with E-state index in [-0.39, 0.29) is 18.0 Å². The fourth-order valence-corrected chi connectivity index (χ4v) is 2.92. The summed E-state index contributed by atoms with van der Waals surface area (Å²) in [6.07, 6.45) is 5.71. The number of nitrogens with zero attached hydrogens (tertiary/aromatic N) is 1. The largest absolute Gasteiger partial charge is 0.358 e. The lowest BCUT2D eigenvalue weighted by atomic mass is 9.98. The Morgan fingerprint density at radius 2 is 2.12 bits per heavy atom. The quantitative estimate of drug-likeness (QED) is 0.751. The number of nitrogens with one attached hydrogen (secondary N) is 1. The monoisotopic (exact) mass is 224 g/mol. The van der Waals surface area contributed by atoms with E-state index in [0.717, 1.165) is 38.6 Å². The molecule has 0 aromatic rings. The fourth-order valence-electron chi connectivity index (χ4n) is 2.92. The summed E-state index contributed by atoms with van der Waals surface area (Å²) in [4.78, 5) is 25.7. The predicted octanol–water partition coefficient (Wildman–Crippen LogP) is 0.708. The van der Waals surface area contributed by atoms with E-state index >= 15 is 0 Å². The highest BCUT2D eigenvalue weighted by atomic mass is 16.2. The second-order valence-electron chi connectivity index (χ2n) is 4.74.